The molecule has 2 unspecified atom stereocenters. The van der Waals surface area contributed by atoms with Crippen molar-refractivity contribution in [3.05, 3.63) is 12.2 Å². The number of amides is 4. The molecule has 1 heterocycles. The molecule has 6 atom stereocenters. The highest BCUT2D eigenvalue weighted by molar-refractivity contribution is 5.98. The highest BCUT2D eigenvalue weighted by atomic mass is 16.5. The molecular formula is C40H68N4O10. The maximum absolute atomic E-state index is 13.9. The molecule has 0 saturated heterocycles. The van der Waals surface area contributed by atoms with Gasteiger partial charge in [-0.2, -0.15) is 0 Å². The highest BCUT2D eigenvalue weighted by Gasteiger charge is 2.38. The predicted molar refractivity (Wildman–Crippen MR) is 205 cm³/mol. The summed E-state index contributed by atoms with van der Waals surface area (Å²) in [5, 5.41) is 11.1. The zero-order valence-corrected chi connectivity index (χ0v) is 34.7. The van der Waals surface area contributed by atoms with Gasteiger partial charge in [0.25, 0.3) is 0 Å². The van der Waals surface area contributed by atoms with E-state index in [1.807, 2.05) is 41.5 Å². The Hall–Kier alpha value is -3.65. The van der Waals surface area contributed by atoms with Crippen molar-refractivity contribution >= 4 is 41.2 Å². The number of ether oxygens (including phenoxy) is 3. The van der Waals surface area contributed by atoms with E-state index < -0.39 is 65.0 Å². The number of carbonyl (C=O) groups is 7. The minimum Gasteiger partial charge on any atom is -0.469 e. The van der Waals surface area contributed by atoms with Gasteiger partial charge < -0.3 is 35.5 Å². The van der Waals surface area contributed by atoms with E-state index in [9.17, 15) is 33.6 Å². The van der Waals surface area contributed by atoms with Gasteiger partial charge in [-0.1, -0.05) is 74.5 Å². The van der Waals surface area contributed by atoms with Gasteiger partial charge >= 0.3 is 5.97 Å². The van der Waals surface area contributed by atoms with Crippen LogP contribution in [0.25, 0.3) is 0 Å². The van der Waals surface area contributed by atoms with Gasteiger partial charge in [-0.3, -0.25) is 33.6 Å². The molecule has 0 bridgehead atoms. The SMILES string of the molecule is COC(=O)[C@@H](CC(=O)C(NC(=O)[C@@H]1COCC=CCOC[C@H](NC(=O)[C@@H](C)C(C)C)C(=O)NC(CC(C)C)C(=O)NC(C)(C)C(=O)C1)C(C)C)CC(C)C. The minimum atomic E-state index is -1.47. The molecule has 0 saturated carbocycles. The number of rotatable bonds is 14. The zero-order valence-electron chi connectivity index (χ0n) is 34.7. The molecule has 1 aliphatic rings. The Morgan fingerprint density at radius 2 is 1.46 bits per heavy atom. The summed E-state index contributed by atoms with van der Waals surface area (Å²) < 4.78 is 16.5. The highest BCUT2D eigenvalue weighted by Crippen LogP contribution is 2.21. The number of Topliss-reactive ketones (excluding diaryl/α,β-unsaturated/α-hetero) is 2. The van der Waals surface area contributed by atoms with Crippen LogP contribution in [0, 0.1) is 41.4 Å². The molecular weight excluding hydrogens is 696 g/mol. The smallest absolute Gasteiger partial charge is 0.309 e. The molecule has 0 aromatic carbocycles. The normalized spacial score (nSPS) is 22.4. The molecule has 1 aliphatic heterocycles. The summed E-state index contributed by atoms with van der Waals surface area (Å²) in [6.45, 7) is 19.6. The lowest BCUT2D eigenvalue weighted by molar-refractivity contribution is -0.148. The fourth-order valence-electron chi connectivity index (χ4n) is 5.86. The van der Waals surface area contributed by atoms with Crippen LogP contribution in [0.15, 0.2) is 12.2 Å². The van der Waals surface area contributed by atoms with Crippen molar-refractivity contribution in [3.8, 4) is 0 Å². The summed E-state index contributed by atoms with van der Waals surface area (Å²) in [5.41, 5.74) is -1.47. The number of nitrogens with one attached hydrogen (secondary N) is 4. The number of esters is 1. The first-order chi connectivity index (χ1) is 25.1. The zero-order chi connectivity index (χ0) is 41.3. The van der Waals surface area contributed by atoms with Crippen molar-refractivity contribution in [2.24, 2.45) is 41.4 Å². The standard InChI is InChI=1S/C40H68N4O10/c1-23(2)17-28(39(51)52-12)19-32(45)34(26(7)8)43-36(48)29-20-33(46)40(10,11)44-38(50)30(18-24(3)4)41-37(49)31(42-35(47)27(9)25(5)6)22-54-16-14-13-15-53-21-29/h13-14,23-31,34H,15-22H2,1-12H3,(H,41,49)(H,42,47)(H,43,48)(H,44,50)/t27-,28+,29-,30?,31-,34?/m0/s1. The first-order valence-corrected chi connectivity index (χ1v) is 19.3. The summed E-state index contributed by atoms with van der Waals surface area (Å²) in [5.74, 6) is -5.66. The van der Waals surface area contributed by atoms with Crippen molar-refractivity contribution in [2.45, 2.75) is 126 Å². The lowest BCUT2D eigenvalue weighted by Crippen LogP contribution is -2.60. The molecule has 4 N–H and O–H groups in total. The average molecular weight is 765 g/mol. The van der Waals surface area contributed by atoms with Gasteiger partial charge in [0.1, 0.15) is 12.1 Å². The Balaban J connectivity index is 3.39. The van der Waals surface area contributed by atoms with Crippen LogP contribution >= 0.6 is 0 Å². The van der Waals surface area contributed by atoms with Crippen LogP contribution in [0.5, 0.6) is 0 Å². The summed E-state index contributed by atoms with van der Waals surface area (Å²) in [7, 11) is 1.28. The van der Waals surface area contributed by atoms with Crippen LogP contribution in [0.3, 0.4) is 0 Å². The number of carbonyl (C=O) groups excluding carboxylic acids is 7. The monoisotopic (exact) mass is 764 g/mol. The fraction of sp³-hybridized carbons (Fsp3) is 0.775. The molecule has 0 aromatic heterocycles. The van der Waals surface area contributed by atoms with Crippen molar-refractivity contribution in [1.82, 2.24) is 21.3 Å². The molecule has 0 radical (unpaired) electrons. The van der Waals surface area contributed by atoms with Gasteiger partial charge in [-0.15, -0.1) is 0 Å². The molecule has 1 rings (SSSR count). The van der Waals surface area contributed by atoms with Gasteiger partial charge in [-0.25, -0.2) is 0 Å². The van der Waals surface area contributed by atoms with Crippen molar-refractivity contribution in [3.63, 3.8) is 0 Å². The quantitative estimate of drug-likeness (QED) is 0.151. The van der Waals surface area contributed by atoms with Crippen LogP contribution in [0.4, 0.5) is 0 Å². The number of methoxy groups -OCH3 is 1. The summed E-state index contributed by atoms with van der Waals surface area (Å²) in [6.07, 6.45) is 3.57. The Morgan fingerprint density at radius 1 is 0.870 bits per heavy atom. The second-order valence-corrected chi connectivity index (χ2v) is 16.5. The summed E-state index contributed by atoms with van der Waals surface area (Å²) >= 11 is 0. The topological polar surface area (TPSA) is 195 Å². The number of hydrogen-bond donors (Lipinski definition) is 4. The maximum Gasteiger partial charge on any atom is 0.309 e. The Bertz CT molecular complexity index is 1310. The van der Waals surface area contributed by atoms with Gasteiger partial charge in [0, 0.05) is 18.8 Å². The second kappa shape index (κ2) is 23.3. The summed E-state index contributed by atoms with van der Waals surface area (Å²) in [6, 6.07) is -3.07. The third-order valence-corrected chi connectivity index (χ3v) is 9.57. The Kier molecular flexibility index (Phi) is 20.9. The minimum absolute atomic E-state index is 0.0248. The molecule has 4 amide bonds. The van der Waals surface area contributed by atoms with E-state index in [1.54, 1.807) is 32.9 Å². The van der Waals surface area contributed by atoms with E-state index in [4.69, 9.17) is 14.2 Å². The number of hydrogen-bond acceptors (Lipinski definition) is 10. The molecule has 0 fully saturated rings. The second-order valence-electron chi connectivity index (χ2n) is 16.5. The van der Waals surface area contributed by atoms with Gasteiger partial charge in [0.2, 0.25) is 23.6 Å². The van der Waals surface area contributed by atoms with Gasteiger partial charge in [0.05, 0.1) is 57.0 Å². The van der Waals surface area contributed by atoms with Gasteiger partial charge in [0.15, 0.2) is 11.6 Å². The van der Waals surface area contributed by atoms with Gasteiger partial charge in [-0.05, 0) is 50.4 Å². The Morgan fingerprint density at radius 3 is 1.98 bits per heavy atom. The third-order valence-electron chi connectivity index (χ3n) is 9.57. The van der Waals surface area contributed by atoms with Crippen LogP contribution < -0.4 is 21.3 Å². The van der Waals surface area contributed by atoms with Crippen LogP contribution in [-0.4, -0.2) is 98.4 Å². The lowest BCUT2D eigenvalue weighted by Gasteiger charge is -2.31. The molecule has 14 nitrogen and oxygen atoms in total. The largest absolute Gasteiger partial charge is 0.469 e. The summed E-state index contributed by atoms with van der Waals surface area (Å²) in [4.78, 5) is 93.9. The fourth-order valence-corrected chi connectivity index (χ4v) is 5.86. The van der Waals surface area contributed by atoms with E-state index in [-0.39, 0.29) is 87.0 Å². The average Bonchev–Trinajstić information content (AvgIpc) is 3.07. The Labute approximate surface area is 322 Å². The predicted octanol–water partition coefficient (Wildman–Crippen LogP) is 3.30. The third kappa shape index (κ3) is 16.8. The molecule has 0 aliphatic carbocycles. The maximum atomic E-state index is 13.9. The van der Waals surface area contributed by atoms with Crippen LogP contribution in [0.1, 0.15) is 102 Å². The molecule has 308 valence electrons. The van der Waals surface area contributed by atoms with E-state index in [0.717, 1.165) is 0 Å². The molecule has 14 heteroatoms. The van der Waals surface area contributed by atoms with E-state index in [1.165, 1.54) is 21.0 Å². The molecule has 0 spiro atoms. The van der Waals surface area contributed by atoms with Crippen LogP contribution in [-0.2, 0) is 47.8 Å². The van der Waals surface area contributed by atoms with E-state index in [0.29, 0.717) is 6.42 Å². The van der Waals surface area contributed by atoms with Crippen molar-refractivity contribution < 1.29 is 47.8 Å². The first-order valence-electron chi connectivity index (χ1n) is 19.3. The van der Waals surface area contributed by atoms with Crippen LogP contribution in [0.2, 0.25) is 0 Å². The van der Waals surface area contributed by atoms with E-state index >= 15 is 0 Å². The van der Waals surface area contributed by atoms with E-state index in [2.05, 4.69) is 21.3 Å². The first kappa shape index (κ1) is 48.4. The molecule has 54 heavy (non-hydrogen) atoms. The lowest BCUT2D eigenvalue weighted by atomic mass is 9.87. The molecule has 0 aromatic rings. The van der Waals surface area contributed by atoms with Crippen molar-refractivity contribution in [2.75, 3.05) is 33.5 Å². The van der Waals surface area contributed by atoms with Crippen molar-refractivity contribution in [1.29, 1.82) is 0 Å². The number of ketones is 2.